The first-order chi connectivity index (χ1) is 9.10. The topological polar surface area (TPSA) is 104 Å². The Labute approximate surface area is 120 Å². The number of carbonyl (C=O) groups excluding carboxylic acids is 1. The van der Waals surface area contributed by atoms with Crippen LogP contribution < -0.4 is 5.32 Å². The summed E-state index contributed by atoms with van der Waals surface area (Å²) < 4.78 is 23.9. The Morgan fingerprint density at radius 1 is 1.30 bits per heavy atom. The summed E-state index contributed by atoms with van der Waals surface area (Å²) in [7, 11) is -2.09. The molecule has 0 spiro atoms. The summed E-state index contributed by atoms with van der Waals surface area (Å²) >= 11 is 0. The zero-order chi connectivity index (χ0) is 15.9. The molecule has 1 amide bonds. The highest BCUT2D eigenvalue weighted by Gasteiger charge is 2.22. The van der Waals surface area contributed by atoms with Gasteiger partial charge in [-0.3, -0.25) is 9.59 Å². The summed E-state index contributed by atoms with van der Waals surface area (Å²) in [4.78, 5) is 22.6. The van der Waals surface area contributed by atoms with Gasteiger partial charge in [-0.05, 0) is 19.3 Å². The van der Waals surface area contributed by atoms with Gasteiger partial charge in [0, 0.05) is 13.6 Å². The molecule has 20 heavy (non-hydrogen) atoms. The number of sulfonamides is 1. The zero-order valence-corrected chi connectivity index (χ0v) is 13.2. The van der Waals surface area contributed by atoms with Crippen LogP contribution in [0.4, 0.5) is 0 Å². The largest absolute Gasteiger partial charge is 0.481 e. The Hall–Kier alpha value is -1.15. The first-order valence-electron chi connectivity index (χ1n) is 6.53. The average molecular weight is 308 g/mol. The van der Waals surface area contributed by atoms with Crippen molar-refractivity contribution in [2.45, 2.75) is 27.2 Å². The molecule has 0 aliphatic heterocycles. The molecule has 1 atom stereocenters. The number of rotatable bonds is 9. The Kier molecular flexibility index (Phi) is 7.74. The molecule has 2 N–H and O–H groups in total. The third-order valence-corrected chi connectivity index (χ3v) is 4.67. The third-order valence-electron chi connectivity index (χ3n) is 2.86. The van der Waals surface area contributed by atoms with E-state index in [4.69, 9.17) is 5.11 Å². The Bertz CT molecular complexity index is 433. The second kappa shape index (κ2) is 8.21. The minimum absolute atomic E-state index is 0.00631. The van der Waals surface area contributed by atoms with Gasteiger partial charge in [-0.2, -0.15) is 4.31 Å². The number of nitrogens with zero attached hydrogens (tertiary/aromatic N) is 1. The van der Waals surface area contributed by atoms with E-state index in [-0.39, 0.29) is 24.8 Å². The van der Waals surface area contributed by atoms with E-state index in [0.29, 0.717) is 6.42 Å². The fraction of sp³-hybridized carbons (Fsp3) is 0.833. The Balaban J connectivity index is 4.37. The fourth-order valence-corrected chi connectivity index (χ4v) is 2.41. The van der Waals surface area contributed by atoms with Gasteiger partial charge in [-0.1, -0.05) is 13.8 Å². The molecule has 0 rings (SSSR count). The van der Waals surface area contributed by atoms with E-state index < -0.39 is 27.8 Å². The summed E-state index contributed by atoms with van der Waals surface area (Å²) in [6.07, 6.45) is 0.457. The van der Waals surface area contributed by atoms with Crippen LogP contribution in [0, 0.1) is 11.8 Å². The number of carboxylic acid groups (broad SMARTS) is 1. The molecule has 7 nitrogen and oxygen atoms in total. The molecular formula is C12H24N2O5S. The van der Waals surface area contributed by atoms with Crippen molar-refractivity contribution in [1.29, 1.82) is 0 Å². The Morgan fingerprint density at radius 3 is 2.25 bits per heavy atom. The minimum Gasteiger partial charge on any atom is -0.481 e. The molecule has 0 fully saturated rings. The maximum Gasteiger partial charge on any atom is 0.308 e. The SMILES string of the molecule is CCS(=O)(=O)N(C)CC(=O)NCC(CC(C)C)C(=O)O. The van der Waals surface area contributed by atoms with Gasteiger partial charge in [0.15, 0.2) is 0 Å². The molecule has 0 aliphatic carbocycles. The van der Waals surface area contributed by atoms with Crippen LogP contribution in [0.1, 0.15) is 27.2 Å². The quantitative estimate of drug-likeness (QED) is 0.630. The van der Waals surface area contributed by atoms with Gasteiger partial charge in [0.25, 0.3) is 0 Å². The lowest BCUT2D eigenvalue weighted by Gasteiger charge is -2.18. The number of hydrogen-bond acceptors (Lipinski definition) is 4. The van der Waals surface area contributed by atoms with E-state index >= 15 is 0 Å². The van der Waals surface area contributed by atoms with Crippen molar-refractivity contribution < 1.29 is 23.1 Å². The van der Waals surface area contributed by atoms with E-state index in [1.54, 1.807) is 0 Å². The number of carbonyl (C=O) groups is 2. The predicted octanol–water partition coefficient (Wildman–Crippen LogP) is 0.131. The molecule has 0 aromatic rings. The van der Waals surface area contributed by atoms with E-state index in [0.717, 1.165) is 4.31 Å². The van der Waals surface area contributed by atoms with Crippen LogP contribution in [-0.4, -0.2) is 55.6 Å². The van der Waals surface area contributed by atoms with Gasteiger partial charge in [0.2, 0.25) is 15.9 Å². The number of hydrogen-bond donors (Lipinski definition) is 2. The smallest absolute Gasteiger partial charge is 0.308 e. The van der Waals surface area contributed by atoms with Crippen LogP contribution in [0.3, 0.4) is 0 Å². The van der Waals surface area contributed by atoms with Crippen molar-refractivity contribution in [1.82, 2.24) is 9.62 Å². The summed E-state index contributed by atoms with van der Waals surface area (Å²) in [6.45, 7) is 5.00. The van der Waals surface area contributed by atoms with E-state index in [9.17, 15) is 18.0 Å². The minimum atomic E-state index is -3.41. The van der Waals surface area contributed by atoms with Gasteiger partial charge in [0.05, 0.1) is 18.2 Å². The zero-order valence-electron chi connectivity index (χ0n) is 12.4. The molecule has 0 saturated heterocycles. The van der Waals surface area contributed by atoms with Crippen molar-refractivity contribution in [3.8, 4) is 0 Å². The number of carboxylic acids is 1. The molecule has 0 aromatic carbocycles. The number of nitrogens with one attached hydrogen (secondary N) is 1. The normalized spacial score (nSPS) is 13.5. The van der Waals surface area contributed by atoms with Crippen LogP contribution in [0.2, 0.25) is 0 Å². The van der Waals surface area contributed by atoms with Crippen LogP contribution in [0.15, 0.2) is 0 Å². The Morgan fingerprint density at radius 2 is 1.85 bits per heavy atom. The fourth-order valence-electron chi connectivity index (χ4n) is 1.65. The summed E-state index contributed by atoms with van der Waals surface area (Å²) in [6, 6.07) is 0. The number of aliphatic carboxylic acids is 1. The molecule has 0 aromatic heterocycles. The molecule has 8 heteroatoms. The second-order valence-corrected chi connectivity index (χ2v) is 7.49. The third kappa shape index (κ3) is 6.85. The predicted molar refractivity (Wildman–Crippen MR) is 75.7 cm³/mol. The first-order valence-corrected chi connectivity index (χ1v) is 8.14. The van der Waals surface area contributed by atoms with Crippen LogP contribution in [-0.2, 0) is 19.6 Å². The summed E-state index contributed by atoms with van der Waals surface area (Å²) in [5.41, 5.74) is 0. The van der Waals surface area contributed by atoms with Crippen molar-refractivity contribution in [2.24, 2.45) is 11.8 Å². The van der Waals surface area contributed by atoms with Gasteiger partial charge in [-0.15, -0.1) is 0 Å². The standard InChI is InChI=1S/C12H24N2O5S/c1-5-20(18,19)14(4)8-11(15)13-7-10(12(16)17)6-9(2)3/h9-10H,5-8H2,1-4H3,(H,13,15)(H,16,17). The van der Waals surface area contributed by atoms with Crippen LogP contribution >= 0.6 is 0 Å². The van der Waals surface area contributed by atoms with Crippen molar-refractivity contribution in [3.63, 3.8) is 0 Å². The van der Waals surface area contributed by atoms with Gasteiger partial charge in [-0.25, -0.2) is 8.42 Å². The van der Waals surface area contributed by atoms with Crippen molar-refractivity contribution in [2.75, 3.05) is 25.9 Å². The van der Waals surface area contributed by atoms with Gasteiger partial charge in [0.1, 0.15) is 0 Å². The van der Waals surface area contributed by atoms with E-state index in [1.165, 1.54) is 14.0 Å². The van der Waals surface area contributed by atoms with Gasteiger partial charge < -0.3 is 10.4 Å². The van der Waals surface area contributed by atoms with Crippen LogP contribution in [0.25, 0.3) is 0 Å². The van der Waals surface area contributed by atoms with Gasteiger partial charge >= 0.3 is 5.97 Å². The lowest BCUT2D eigenvalue weighted by molar-refractivity contribution is -0.142. The highest BCUT2D eigenvalue weighted by Crippen LogP contribution is 2.11. The molecule has 118 valence electrons. The van der Waals surface area contributed by atoms with Crippen molar-refractivity contribution >= 4 is 21.9 Å². The summed E-state index contributed by atoms with van der Waals surface area (Å²) in [5.74, 6) is -2.00. The molecule has 1 unspecified atom stereocenters. The first kappa shape index (κ1) is 18.9. The molecule has 0 radical (unpaired) electrons. The molecular weight excluding hydrogens is 284 g/mol. The molecule has 0 saturated carbocycles. The highest BCUT2D eigenvalue weighted by atomic mass is 32.2. The van der Waals surface area contributed by atoms with E-state index in [2.05, 4.69) is 5.32 Å². The lowest BCUT2D eigenvalue weighted by atomic mass is 9.97. The van der Waals surface area contributed by atoms with Crippen molar-refractivity contribution in [3.05, 3.63) is 0 Å². The second-order valence-electron chi connectivity index (χ2n) is 5.13. The number of likely N-dealkylation sites (N-methyl/N-ethyl adjacent to an activating group) is 1. The lowest BCUT2D eigenvalue weighted by Crippen LogP contribution is -2.41. The summed E-state index contributed by atoms with van der Waals surface area (Å²) in [5, 5.41) is 11.5. The number of amides is 1. The molecule has 0 bridgehead atoms. The monoisotopic (exact) mass is 308 g/mol. The average Bonchev–Trinajstić information content (AvgIpc) is 2.33. The molecule has 0 aliphatic rings. The molecule has 0 heterocycles. The van der Waals surface area contributed by atoms with Crippen LogP contribution in [0.5, 0.6) is 0 Å². The maximum absolute atomic E-state index is 11.6. The maximum atomic E-state index is 11.6. The highest BCUT2D eigenvalue weighted by molar-refractivity contribution is 7.89. The van der Waals surface area contributed by atoms with E-state index in [1.807, 2.05) is 13.8 Å².